The molecule has 0 fully saturated rings. The molecular formula is C17H16O5. The van der Waals surface area contributed by atoms with Gasteiger partial charge in [-0.3, -0.25) is 4.79 Å². The number of rotatable bonds is 1. The van der Waals surface area contributed by atoms with Gasteiger partial charge in [-0.05, 0) is 19.9 Å². The van der Waals surface area contributed by atoms with Gasteiger partial charge in [-0.25, -0.2) is 4.79 Å². The second kappa shape index (κ2) is 4.55. The van der Waals surface area contributed by atoms with Crippen LogP contribution in [-0.2, 0) is 14.3 Å². The highest BCUT2D eigenvalue weighted by Gasteiger charge is 2.56. The lowest BCUT2D eigenvalue weighted by Crippen LogP contribution is -2.48. The van der Waals surface area contributed by atoms with Crippen molar-refractivity contribution in [2.24, 2.45) is 0 Å². The Balaban J connectivity index is 2.31. The molecule has 0 saturated heterocycles. The fraction of sp³-hybridized carbons (Fsp3) is 0.294. The Labute approximate surface area is 127 Å². The maximum absolute atomic E-state index is 13.0. The molecule has 1 heterocycles. The second-order valence-electron chi connectivity index (χ2n) is 5.86. The summed E-state index contributed by atoms with van der Waals surface area (Å²) in [6.45, 7) is 3.55. The molecule has 3 rings (SSSR count). The summed E-state index contributed by atoms with van der Waals surface area (Å²) in [4.78, 5) is 25.2. The first-order valence-corrected chi connectivity index (χ1v) is 6.89. The van der Waals surface area contributed by atoms with Gasteiger partial charge in [0.25, 0.3) is 0 Å². The Morgan fingerprint density at radius 2 is 1.82 bits per heavy atom. The lowest BCUT2D eigenvalue weighted by atomic mass is 9.77. The normalized spacial score (nSPS) is 25.5. The number of aliphatic hydroxyl groups is 1. The minimum absolute atomic E-state index is 0.180. The molecule has 2 aliphatic rings. The number of methoxy groups -OCH3 is 1. The van der Waals surface area contributed by atoms with Gasteiger partial charge in [-0.15, -0.1) is 0 Å². The molecule has 0 radical (unpaired) electrons. The smallest absolute Gasteiger partial charge is 0.341 e. The molecule has 22 heavy (non-hydrogen) atoms. The maximum atomic E-state index is 13.0. The number of hydrogen-bond acceptors (Lipinski definition) is 5. The van der Waals surface area contributed by atoms with Crippen molar-refractivity contribution in [2.45, 2.75) is 25.0 Å². The summed E-state index contributed by atoms with van der Waals surface area (Å²) >= 11 is 0. The van der Waals surface area contributed by atoms with Crippen LogP contribution in [0.2, 0.25) is 0 Å². The molecule has 1 unspecified atom stereocenters. The number of aliphatic hydroxyl groups excluding tert-OH is 1. The third-order valence-electron chi connectivity index (χ3n) is 3.91. The largest absolute Gasteiger partial charge is 0.507 e. The highest BCUT2D eigenvalue weighted by Crippen LogP contribution is 2.45. The predicted molar refractivity (Wildman–Crippen MR) is 79.4 cm³/mol. The molecule has 0 bridgehead atoms. The predicted octanol–water partition coefficient (Wildman–Crippen LogP) is 2.43. The van der Waals surface area contributed by atoms with Crippen molar-refractivity contribution >= 4 is 17.5 Å². The van der Waals surface area contributed by atoms with Crippen LogP contribution in [0.5, 0.6) is 0 Å². The summed E-state index contributed by atoms with van der Waals surface area (Å²) in [7, 11) is 1.20. The SMILES string of the molecule is COC(=O)C1=C(O)c2ccccc2C(=O)C12C=CC(C)(C)O2. The van der Waals surface area contributed by atoms with E-state index in [1.54, 1.807) is 44.2 Å². The molecule has 1 atom stereocenters. The molecule has 1 N–H and O–H groups in total. The summed E-state index contributed by atoms with van der Waals surface area (Å²) in [6, 6.07) is 6.57. The molecule has 1 spiro atoms. The van der Waals surface area contributed by atoms with Crippen molar-refractivity contribution in [1.82, 2.24) is 0 Å². The van der Waals surface area contributed by atoms with Crippen molar-refractivity contribution in [3.63, 3.8) is 0 Å². The standard InChI is InChI=1S/C17H16O5/c1-16(2)8-9-17(22-16)12(15(20)21-3)13(18)10-6-4-5-7-11(10)14(17)19/h4-9,18H,1-3H3. The summed E-state index contributed by atoms with van der Waals surface area (Å²) in [5.74, 6) is -1.46. The van der Waals surface area contributed by atoms with Crippen LogP contribution in [0.1, 0.15) is 29.8 Å². The monoisotopic (exact) mass is 300 g/mol. The maximum Gasteiger partial charge on any atom is 0.341 e. The molecule has 0 aromatic heterocycles. The van der Waals surface area contributed by atoms with Gasteiger partial charge in [0.15, 0.2) is 5.60 Å². The lowest BCUT2D eigenvalue weighted by molar-refractivity contribution is -0.139. The average Bonchev–Trinajstić information content (AvgIpc) is 2.82. The summed E-state index contributed by atoms with van der Waals surface area (Å²) in [5.41, 5.74) is -1.94. The summed E-state index contributed by atoms with van der Waals surface area (Å²) < 4.78 is 10.6. The van der Waals surface area contributed by atoms with Crippen LogP contribution in [0.15, 0.2) is 42.0 Å². The van der Waals surface area contributed by atoms with E-state index < -0.39 is 17.2 Å². The van der Waals surface area contributed by atoms with Gasteiger partial charge in [-0.1, -0.05) is 30.3 Å². The molecule has 1 aliphatic heterocycles. The van der Waals surface area contributed by atoms with Gasteiger partial charge in [0.1, 0.15) is 11.3 Å². The average molecular weight is 300 g/mol. The zero-order valence-corrected chi connectivity index (χ0v) is 12.5. The number of fused-ring (bicyclic) bond motifs is 1. The second-order valence-corrected chi connectivity index (χ2v) is 5.86. The quantitative estimate of drug-likeness (QED) is 0.637. The number of hydrogen-bond donors (Lipinski definition) is 1. The highest BCUT2D eigenvalue weighted by molar-refractivity contribution is 6.19. The lowest BCUT2D eigenvalue weighted by Gasteiger charge is -2.35. The van der Waals surface area contributed by atoms with Crippen molar-refractivity contribution in [3.8, 4) is 0 Å². The Kier molecular flexibility index (Phi) is 3.00. The molecule has 0 saturated carbocycles. The topological polar surface area (TPSA) is 72.8 Å². The van der Waals surface area contributed by atoms with Gasteiger partial charge >= 0.3 is 5.97 Å². The van der Waals surface area contributed by atoms with Crippen LogP contribution in [0.4, 0.5) is 0 Å². The van der Waals surface area contributed by atoms with Crippen molar-refractivity contribution in [3.05, 3.63) is 53.1 Å². The molecule has 1 aromatic carbocycles. The zero-order chi connectivity index (χ0) is 16.1. The number of Topliss-reactive ketones (excluding diaryl/α,β-unsaturated/α-hetero) is 1. The molecule has 0 amide bonds. The van der Waals surface area contributed by atoms with E-state index in [1.165, 1.54) is 13.2 Å². The Hall–Kier alpha value is -2.40. The van der Waals surface area contributed by atoms with Gasteiger partial charge in [-0.2, -0.15) is 0 Å². The van der Waals surface area contributed by atoms with Crippen LogP contribution < -0.4 is 0 Å². The fourth-order valence-corrected chi connectivity index (χ4v) is 2.92. The number of ether oxygens (including phenoxy) is 2. The van der Waals surface area contributed by atoms with Gasteiger partial charge in [0, 0.05) is 11.1 Å². The molecule has 1 aliphatic carbocycles. The van der Waals surface area contributed by atoms with E-state index in [9.17, 15) is 14.7 Å². The number of benzene rings is 1. The number of carbonyl (C=O) groups excluding carboxylic acids is 2. The van der Waals surface area contributed by atoms with Crippen molar-refractivity contribution < 1.29 is 24.2 Å². The third-order valence-corrected chi connectivity index (χ3v) is 3.91. The first kappa shape index (κ1) is 14.5. The van der Waals surface area contributed by atoms with E-state index in [0.29, 0.717) is 11.1 Å². The molecule has 1 aromatic rings. The molecular weight excluding hydrogens is 284 g/mol. The van der Waals surface area contributed by atoms with Crippen LogP contribution in [0.25, 0.3) is 5.76 Å². The van der Waals surface area contributed by atoms with E-state index in [1.807, 2.05) is 0 Å². The van der Waals surface area contributed by atoms with Crippen LogP contribution in [0, 0.1) is 0 Å². The Morgan fingerprint density at radius 1 is 1.18 bits per heavy atom. The van der Waals surface area contributed by atoms with E-state index in [4.69, 9.17) is 9.47 Å². The highest BCUT2D eigenvalue weighted by atomic mass is 16.5. The van der Waals surface area contributed by atoms with Crippen LogP contribution in [0.3, 0.4) is 0 Å². The van der Waals surface area contributed by atoms with E-state index in [2.05, 4.69) is 0 Å². The summed E-state index contributed by atoms with van der Waals surface area (Å²) in [5, 5.41) is 10.5. The third kappa shape index (κ3) is 1.82. The van der Waals surface area contributed by atoms with E-state index in [0.717, 1.165) is 0 Å². The molecule has 114 valence electrons. The number of ketones is 1. The Morgan fingerprint density at radius 3 is 2.36 bits per heavy atom. The first-order chi connectivity index (χ1) is 10.3. The van der Waals surface area contributed by atoms with E-state index in [-0.39, 0.29) is 17.1 Å². The zero-order valence-electron chi connectivity index (χ0n) is 12.5. The number of esters is 1. The fourth-order valence-electron chi connectivity index (χ4n) is 2.92. The van der Waals surface area contributed by atoms with Gasteiger partial charge < -0.3 is 14.6 Å². The minimum Gasteiger partial charge on any atom is -0.507 e. The van der Waals surface area contributed by atoms with Crippen LogP contribution >= 0.6 is 0 Å². The van der Waals surface area contributed by atoms with Crippen molar-refractivity contribution in [1.29, 1.82) is 0 Å². The molecule has 5 nitrogen and oxygen atoms in total. The van der Waals surface area contributed by atoms with E-state index >= 15 is 0 Å². The summed E-state index contributed by atoms with van der Waals surface area (Å²) in [6.07, 6.45) is 3.22. The molecule has 5 heteroatoms. The van der Waals surface area contributed by atoms with Crippen molar-refractivity contribution in [2.75, 3.05) is 7.11 Å². The first-order valence-electron chi connectivity index (χ1n) is 6.89. The van der Waals surface area contributed by atoms with Crippen LogP contribution in [-0.4, -0.2) is 35.2 Å². The Bertz CT molecular complexity index is 741. The van der Waals surface area contributed by atoms with Gasteiger partial charge in [0.2, 0.25) is 5.78 Å². The minimum atomic E-state index is -1.64. The van der Waals surface area contributed by atoms with Gasteiger partial charge in [0.05, 0.1) is 12.7 Å². The number of carbonyl (C=O) groups is 2.